The van der Waals surface area contributed by atoms with Crippen molar-refractivity contribution in [3.8, 4) is 0 Å². The summed E-state index contributed by atoms with van der Waals surface area (Å²) in [4.78, 5) is 13.1. The molecule has 5 heteroatoms. The van der Waals surface area contributed by atoms with Crippen molar-refractivity contribution < 1.29 is 9.53 Å². The summed E-state index contributed by atoms with van der Waals surface area (Å²) in [7, 11) is 0. The number of hydrogen-bond acceptors (Lipinski definition) is 4. The van der Waals surface area contributed by atoms with Crippen LogP contribution in [0.3, 0.4) is 0 Å². The number of carbonyl (C=O) groups is 1. The Bertz CT molecular complexity index is 597. The van der Waals surface area contributed by atoms with Gasteiger partial charge in [-0.3, -0.25) is 0 Å². The summed E-state index contributed by atoms with van der Waals surface area (Å²) in [6.07, 6.45) is 0. The van der Waals surface area contributed by atoms with Crippen LogP contribution in [0.15, 0.2) is 40.2 Å². The molecule has 0 fully saturated rings. The number of anilines is 1. The molecule has 2 aromatic rings. The molecule has 0 aliphatic rings. The molecule has 1 N–H and O–H groups in total. The Morgan fingerprint density at radius 2 is 2.10 bits per heavy atom. The Morgan fingerprint density at radius 1 is 1.35 bits per heavy atom. The van der Waals surface area contributed by atoms with E-state index in [9.17, 15) is 4.79 Å². The minimum atomic E-state index is -0.296. The van der Waals surface area contributed by atoms with Crippen LogP contribution in [-0.4, -0.2) is 12.6 Å². The number of thiophene rings is 1. The van der Waals surface area contributed by atoms with Gasteiger partial charge in [-0.25, -0.2) is 4.79 Å². The minimum absolute atomic E-state index is 0.127. The molecule has 0 radical (unpaired) electrons. The Kier molecular flexibility index (Phi) is 5.20. The van der Waals surface area contributed by atoms with Crippen LogP contribution in [0.25, 0.3) is 0 Å². The maximum atomic E-state index is 11.9. The van der Waals surface area contributed by atoms with Crippen molar-refractivity contribution in [2.24, 2.45) is 0 Å². The summed E-state index contributed by atoms with van der Waals surface area (Å²) in [6.45, 7) is 4.25. The van der Waals surface area contributed by atoms with E-state index in [1.165, 1.54) is 4.88 Å². The van der Waals surface area contributed by atoms with Gasteiger partial charge < -0.3 is 10.1 Å². The molecule has 0 saturated carbocycles. The lowest BCUT2D eigenvalue weighted by molar-refractivity contribution is 0.0527. The van der Waals surface area contributed by atoms with E-state index < -0.39 is 0 Å². The fourth-order valence-corrected chi connectivity index (χ4v) is 3.29. The summed E-state index contributed by atoms with van der Waals surface area (Å²) in [5.74, 6) is -0.296. The van der Waals surface area contributed by atoms with Gasteiger partial charge in [-0.2, -0.15) is 0 Å². The lowest BCUT2D eigenvalue weighted by Crippen LogP contribution is -2.11. The number of benzene rings is 1. The normalized spacial score (nSPS) is 11.9. The van der Waals surface area contributed by atoms with E-state index in [1.807, 2.05) is 24.3 Å². The molecule has 106 valence electrons. The van der Waals surface area contributed by atoms with Gasteiger partial charge in [0.25, 0.3) is 0 Å². The second-order valence-corrected chi connectivity index (χ2v) is 6.77. The largest absolute Gasteiger partial charge is 0.462 e. The van der Waals surface area contributed by atoms with E-state index in [0.717, 1.165) is 9.47 Å². The Balaban J connectivity index is 2.18. The molecular weight excluding hydrogens is 338 g/mol. The van der Waals surface area contributed by atoms with Crippen molar-refractivity contribution >= 4 is 38.9 Å². The van der Waals surface area contributed by atoms with Crippen LogP contribution in [0.5, 0.6) is 0 Å². The Labute approximate surface area is 131 Å². The maximum absolute atomic E-state index is 11.9. The predicted molar refractivity (Wildman–Crippen MR) is 86.5 cm³/mol. The van der Waals surface area contributed by atoms with Gasteiger partial charge in [-0.15, -0.1) is 11.3 Å². The topological polar surface area (TPSA) is 38.3 Å². The number of ether oxygens (including phenoxy) is 1. The summed E-state index contributed by atoms with van der Waals surface area (Å²) in [5.41, 5.74) is 1.36. The first-order valence-corrected chi connectivity index (χ1v) is 8.00. The van der Waals surface area contributed by atoms with Crippen LogP contribution in [0.4, 0.5) is 5.69 Å². The van der Waals surface area contributed by atoms with Crippen molar-refractivity contribution in [2.45, 2.75) is 19.9 Å². The summed E-state index contributed by atoms with van der Waals surface area (Å²) in [5, 5.41) is 3.37. The lowest BCUT2D eigenvalue weighted by Gasteiger charge is -2.16. The molecular formula is C15H16BrNO2S. The van der Waals surface area contributed by atoms with Crippen LogP contribution in [0.2, 0.25) is 0 Å². The van der Waals surface area contributed by atoms with Crippen molar-refractivity contribution in [3.05, 3.63) is 50.6 Å². The highest BCUT2D eigenvalue weighted by molar-refractivity contribution is 9.11. The second kappa shape index (κ2) is 6.90. The number of carbonyl (C=O) groups excluding carboxylic acids is 1. The molecule has 1 unspecified atom stereocenters. The fourth-order valence-electron chi connectivity index (χ4n) is 1.86. The first-order chi connectivity index (χ1) is 9.61. The maximum Gasteiger partial charge on any atom is 0.340 e. The first-order valence-electron chi connectivity index (χ1n) is 6.39. The molecule has 1 heterocycles. The number of para-hydroxylation sites is 1. The molecule has 0 saturated heterocycles. The van der Waals surface area contributed by atoms with Crippen LogP contribution < -0.4 is 5.32 Å². The molecule has 0 aliphatic heterocycles. The highest BCUT2D eigenvalue weighted by Crippen LogP contribution is 2.30. The molecule has 0 bridgehead atoms. The van der Waals surface area contributed by atoms with Gasteiger partial charge in [0.1, 0.15) is 0 Å². The van der Waals surface area contributed by atoms with E-state index in [-0.39, 0.29) is 12.0 Å². The third-order valence-corrected chi connectivity index (χ3v) is 4.62. The molecule has 1 aromatic heterocycles. The first kappa shape index (κ1) is 15.1. The smallest absolute Gasteiger partial charge is 0.340 e. The van der Waals surface area contributed by atoms with Crippen molar-refractivity contribution in [1.82, 2.24) is 0 Å². The van der Waals surface area contributed by atoms with Gasteiger partial charge in [-0.05, 0) is 54.0 Å². The number of esters is 1. The number of nitrogens with one attached hydrogen (secondary N) is 1. The molecule has 20 heavy (non-hydrogen) atoms. The van der Waals surface area contributed by atoms with E-state index in [4.69, 9.17) is 4.74 Å². The van der Waals surface area contributed by atoms with Crippen LogP contribution >= 0.6 is 27.3 Å². The monoisotopic (exact) mass is 353 g/mol. The molecule has 2 rings (SSSR count). The van der Waals surface area contributed by atoms with Crippen molar-refractivity contribution in [3.63, 3.8) is 0 Å². The molecule has 1 atom stereocenters. The summed E-state index contributed by atoms with van der Waals surface area (Å²) in [6, 6.07) is 11.6. The minimum Gasteiger partial charge on any atom is -0.462 e. The van der Waals surface area contributed by atoms with Crippen LogP contribution in [0, 0.1) is 0 Å². The van der Waals surface area contributed by atoms with Gasteiger partial charge >= 0.3 is 5.97 Å². The average Bonchev–Trinajstić information content (AvgIpc) is 2.86. The zero-order valence-corrected chi connectivity index (χ0v) is 13.8. The predicted octanol–water partition coefficient (Wildman–Crippen LogP) is 4.86. The van der Waals surface area contributed by atoms with Gasteiger partial charge in [0.05, 0.1) is 22.0 Å². The highest BCUT2D eigenvalue weighted by Gasteiger charge is 2.15. The van der Waals surface area contributed by atoms with Gasteiger partial charge in [0, 0.05) is 10.6 Å². The van der Waals surface area contributed by atoms with Gasteiger partial charge in [0.15, 0.2) is 0 Å². The zero-order valence-electron chi connectivity index (χ0n) is 11.4. The SMILES string of the molecule is CCOC(=O)c1ccccc1NC(C)c1ccc(Br)s1. The fraction of sp³-hybridized carbons (Fsp3) is 0.267. The number of halogens is 1. The Hall–Kier alpha value is -1.33. The number of rotatable bonds is 5. The van der Waals surface area contributed by atoms with E-state index in [0.29, 0.717) is 12.2 Å². The standard InChI is InChI=1S/C15H16BrNO2S/c1-3-19-15(18)11-6-4-5-7-12(11)17-10(2)13-8-9-14(16)20-13/h4-10,17H,3H2,1-2H3. The summed E-state index contributed by atoms with van der Waals surface area (Å²) >= 11 is 5.14. The highest BCUT2D eigenvalue weighted by atomic mass is 79.9. The average molecular weight is 354 g/mol. The second-order valence-electron chi connectivity index (χ2n) is 4.27. The molecule has 0 amide bonds. The lowest BCUT2D eigenvalue weighted by atomic mass is 10.1. The van der Waals surface area contributed by atoms with E-state index >= 15 is 0 Å². The Morgan fingerprint density at radius 3 is 2.75 bits per heavy atom. The van der Waals surface area contributed by atoms with Crippen LogP contribution in [0.1, 0.15) is 35.1 Å². The molecule has 3 nitrogen and oxygen atoms in total. The number of hydrogen-bond donors (Lipinski definition) is 1. The molecule has 1 aromatic carbocycles. The van der Waals surface area contributed by atoms with Crippen LogP contribution in [-0.2, 0) is 4.74 Å². The van der Waals surface area contributed by atoms with Crippen molar-refractivity contribution in [2.75, 3.05) is 11.9 Å². The third-order valence-electron chi connectivity index (χ3n) is 2.82. The molecule has 0 aliphatic carbocycles. The molecule has 0 spiro atoms. The summed E-state index contributed by atoms with van der Waals surface area (Å²) < 4.78 is 6.17. The van der Waals surface area contributed by atoms with Crippen molar-refractivity contribution in [1.29, 1.82) is 0 Å². The zero-order chi connectivity index (χ0) is 14.5. The third kappa shape index (κ3) is 3.61. The van der Waals surface area contributed by atoms with Gasteiger partial charge in [0.2, 0.25) is 0 Å². The van der Waals surface area contributed by atoms with E-state index in [2.05, 4.69) is 34.2 Å². The quantitative estimate of drug-likeness (QED) is 0.780. The van der Waals surface area contributed by atoms with E-state index in [1.54, 1.807) is 24.3 Å². The van der Waals surface area contributed by atoms with Gasteiger partial charge in [-0.1, -0.05) is 12.1 Å².